The summed E-state index contributed by atoms with van der Waals surface area (Å²) in [6, 6.07) is 5.12. The second kappa shape index (κ2) is 7.84. The third-order valence-corrected chi connectivity index (χ3v) is 5.48. The fourth-order valence-electron chi connectivity index (χ4n) is 3.46. The average molecular weight is 441 g/mol. The van der Waals surface area contributed by atoms with Crippen LogP contribution in [0.5, 0.6) is 5.75 Å². The number of aromatic hydroxyl groups is 1. The molecule has 0 aliphatic carbocycles. The minimum Gasteiger partial charge on any atom is -0.507 e. The van der Waals surface area contributed by atoms with Crippen LogP contribution in [0.25, 0.3) is 22.3 Å². The predicted octanol–water partition coefficient (Wildman–Crippen LogP) is 4.10. The Kier molecular flexibility index (Phi) is 5.20. The summed E-state index contributed by atoms with van der Waals surface area (Å²) in [5.74, 6) is -1.19. The number of hydrogen-bond donors (Lipinski definition) is 4. The summed E-state index contributed by atoms with van der Waals surface area (Å²) >= 11 is 6.45. The van der Waals surface area contributed by atoms with Crippen molar-refractivity contribution < 1.29 is 14.3 Å². The maximum atomic E-state index is 13.9. The number of anilines is 1. The average Bonchev–Trinajstić information content (AvgIpc) is 3.21. The lowest BCUT2D eigenvalue weighted by atomic mass is 9.93. The first-order valence-electron chi connectivity index (χ1n) is 9.30. The predicted molar refractivity (Wildman–Crippen MR) is 115 cm³/mol. The maximum absolute atomic E-state index is 13.9. The molecule has 2 heterocycles. The number of nitrogens with zero attached hydrogens (tertiary/aromatic N) is 3. The van der Waals surface area contributed by atoms with Crippen molar-refractivity contribution >= 4 is 34.5 Å². The van der Waals surface area contributed by atoms with Gasteiger partial charge < -0.3 is 21.1 Å². The molecule has 0 spiro atoms. The van der Waals surface area contributed by atoms with E-state index in [0.29, 0.717) is 44.3 Å². The number of phenolic OH excluding ortho intramolecular Hbond substituents is 1. The Hall–Kier alpha value is -3.72. The number of halogens is 2. The molecule has 4 aromatic rings. The summed E-state index contributed by atoms with van der Waals surface area (Å²) in [4.78, 5) is 27.0. The van der Waals surface area contributed by atoms with Gasteiger partial charge in [0.05, 0.1) is 17.9 Å². The molecule has 4 rings (SSSR count). The highest BCUT2D eigenvalue weighted by molar-refractivity contribution is 6.32. The minimum atomic E-state index is -0.902. The van der Waals surface area contributed by atoms with E-state index >= 15 is 0 Å². The van der Waals surface area contributed by atoms with Crippen LogP contribution in [0.15, 0.2) is 36.9 Å². The molecule has 0 aliphatic rings. The fraction of sp³-hybridized carbons (Fsp3) is 0.143. The molecule has 0 saturated heterocycles. The van der Waals surface area contributed by atoms with Crippen LogP contribution in [-0.4, -0.2) is 30.9 Å². The van der Waals surface area contributed by atoms with Crippen molar-refractivity contribution in [2.24, 2.45) is 5.73 Å². The number of primary amides is 1. The molecule has 0 aliphatic heterocycles. The quantitative estimate of drug-likeness (QED) is 0.369. The SMILES string of the molecule is Cc1c(Cl)cc(C(C)Nc2ncnc3nc[nH]c23)c(O)c1-c1ccc(F)c(C(N)=O)c1. The van der Waals surface area contributed by atoms with Gasteiger partial charge in [-0.2, -0.15) is 0 Å². The Bertz CT molecular complexity index is 1320. The number of amides is 1. The summed E-state index contributed by atoms with van der Waals surface area (Å²) in [7, 11) is 0. The maximum Gasteiger partial charge on any atom is 0.251 e. The van der Waals surface area contributed by atoms with Crippen molar-refractivity contribution in [3.8, 4) is 16.9 Å². The standard InChI is InChI=1S/C21H18ClFN6O2/c1-9-14(22)6-12(10(2)29-21-17-20(26-7-25-17)27-8-28-21)18(30)16(9)11-3-4-15(23)13(5-11)19(24)31/h3-8,10,30H,1-2H3,(H2,24,31)(H2,25,26,27,28,29). The van der Waals surface area contributed by atoms with Crippen LogP contribution in [0, 0.1) is 12.7 Å². The number of aromatic amines is 1. The molecule has 0 fully saturated rings. The molecule has 0 radical (unpaired) electrons. The van der Waals surface area contributed by atoms with Gasteiger partial charge in [0.2, 0.25) is 0 Å². The number of fused-ring (bicyclic) bond motifs is 1. The Morgan fingerprint density at radius 3 is 2.81 bits per heavy atom. The van der Waals surface area contributed by atoms with E-state index in [0.717, 1.165) is 6.07 Å². The minimum absolute atomic E-state index is 0.0566. The van der Waals surface area contributed by atoms with Crippen LogP contribution >= 0.6 is 11.6 Å². The molecule has 0 saturated carbocycles. The Labute approximate surface area is 181 Å². The zero-order valence-corrected chi connectivity index (χ0v) is 17.3. The van der Waals surface area contributed by atoms with E-state index in [1.165, 1.54) is 24.8 Å². The van der Waals surface area contributed by atoms with Gasteiger partial charge in [0.25, 0.3) is 5.91 Å². The normalized spacial score (nSPS) is 12.1. The van der Waals surface area contributed by atoms with Crippen LogP contribution in [0.1, 0.15) is 34.5 Å². The van der Waals surface area contributed by atoms with Crippen LogP contribution in [0.3, 0.4) is 0 Å². The molecule has 10 heteroatoms. The molecular weight excluding hydrogens is 423 g/mol. The van der Waals surface area contributed by atoms with Gasteiger partial charge in [0.15, 0.2) is 11.5 Å². The largest absolute Gasteiger partial charge is 0.507 e. The number of nitrogens with two attached hydrogens (primary N) is 1. The Morgan fingerprint density at radius 2 is 2.06 bits per heavy atom. The zero-order valence-electron chi connectivity index (χ0n) is 16.6. The van der Waals surface area contributed by atoms with Gasteiger partial charge in [-0.15, -0.1) is 0 Å². The van der Waals surface area contributed by atoms with Crippen molar-refractivity contribution in [2.45, 2.75) is 19.9 Å². The molecule has 158 valence electrons. The van der Waals surface area contributed by atoms with E-state index in [1.807, 2.05) is 6.92 Å². The second-order valence-corrected chi connectivity index (χ2v) is 7.45. The summed E-state index contributed by atoms with van der Waals surface area (Å²) in [5.41, 5.74) is 7.99. The smallest absolute Gasteiger partial charge is 0.251 e. The number of carbonyl (C=O) groups is 1. The summed E-state index contributed by atoms with van der Waals surface area (Å²) in [6.07, 6.45) is 2.90. The van der Waals surface area contributed by atoms with Crippen molar-refractivity contribution in [2.75, 3.05) is 5.32 Å². The molecule has 2 aromatic heterocycles. The van der Waals surface area contributed by atoms with Gasteiger partial charge in [0, 0.05) is 16.1 Å². The van der Waals surface area contributed by atoms with Crippen LogP contribution in [-0.2, 0) is 0 Å². The number of hydrogen-bond acceptors (Lipinski definition) is 6. The van der Waals surface area contributed by atoms with E-state index in [1.54, 1.807) is 13.0 Å². The van der Waals surface area contributed by atoms with E-state index in [4.69, 9.17) is 17.3 Å². The van der Waals surface area contributed by atoms with Gasteiger partial charge in [0.1, 0.15) is 23.4 Å². The van der Waals surface area contributed by atoms with Crippen molar-refractivity contribution in [1.29, 1.82) is 0 Å². The highest BCUT2D eigenvalue weighted by atomic mass is 35.5. The topological polar surface area (TPSA) is 130 Å². The number of rotatable bonds is 5. The molecule has 31 heavy (non-hydrogen) atoms. The first-order chi connectivity index (χ1) is 14.8. The lowest BCUT2D eigenvalue weighted by molar-refractivity contribution is 0.0996. The van der Waals surface area contributed by atoms with Crippen molar-refractivity contribution in [3.05, 3.63) is 64.5 Å². The summed E-state index contributed by atoms with van der Waals surface area (Å²) in [5, 5.41) is 14.7. The molecule has 0 bridgehead atoms. The molecule has 1 atom stereocenters. The number of imidazole rings is 1. The molecular formula is C21H18ClFN6O2. The van der Waals surface area contributed by atoms with Crippen molar-refractivity contribution in [1.82, 2.24) is 19.9 Å². The number of benzene rings is 2. The number of aromatic nitrogens is 4. The molecule has 1 unspecified atom stereocenters. The van der Waals surface area contributed by atoms with E-state index < -0.39 is 17.8 Å². The zero-order chi connectivity index (χ0) is 22.3. The molecule has 2 aromatic carbocycles. The van der Waals surface area contributed by atoms with Crippen LogP contribution in [0.2, 0.25) is 5.02 Å². The molecule has 5 N–H and O–H groups in total. The third kappa shape index (κ3) is 3.64. The van der Waals surface area contributed by atoms with Gasteiger partial charge in [-0.05, 0) is 43.2 Å². The number of nitrogens with one attached hydrogen (secondary N) is 2. The highest BCUT2D eigenvalue weighted by Gasteiger charge is 2.22. The lowest BCUT2D eigenvalue weighted by Gasteiger charge is -2.21. The van der Waals surface area contributed by atoms with E-state index in [9.17, 15) is 14.3 Å². The van der Waals surface area contributed by atoms with Gasteiger partial charge in [-0.3, -0.25) is 4.79 Å². The first kappa shape index (κ1) is 20.5. The van der Waals surface area contributed by atoms with Crippen LogP contribution < -0.4 is 11.1 Å². The fourth-order valence-corrected chi connectivity index (χ4v) is 3.68. The molecule has 8 nitrogen and oxygen atoms in total. The lowest BCUT2D eigenvalue weighted by Crippen LogP contribution is -2.13. The summed E-state index contributed by atoms with van der Waals surface area (Å²) in [6.45, 7) is 3.55. The highest BCUT2D eigenvalue weighted by Crippen LogP contribution is 2.42. The van der Waals surface area contributed by atoms with Crippen molar-refractivity contribution in [3.63, 3.8) is 0 Å². The second-order valence-electron chi connectivity index (χ2n) is 7.04. The number of carbonyl (C=O) groups excluding carboxylic acids is 1. The van der Waals surface area contributed by atoms with E-state index in [2.05, 4.69) is 25.3 Å². The summed E-state index contributed by atoms with van der Waals surface area (Å²) < 4.78 is 13.9. The Morgan fingerprint density at radius 1 is 1.29 bits per heavy atom. The number of H-pyrrole nitrogens is 1. The van der Waals surface area contributed by atoms with Gasteiger partial charge >= 0.3 is 0 Å². The molecule has 1 amide bonds. The van der Waals surface area contributed by atoms with E-state index in [-0.39, 0.29) is 11.3 Å². The van der Waals surface area contributed by atoms with Gasteiger partial charge in [-0.25, -0.2) is 19.3 Å². The van der Waals surface area contributed by atoms with Gasteiger partial charge in [-0.1, -0.05) is 17.7 Å². The third-order valence-electron chi connectivity index (χ3n) is 5.09. The monoisotopic (exact) mass is 440 g/mol. The number of phenols is 1. The Balaban J connectivity index is 1.80. The first-order valence-corrected chi connectivity index (χ1v) is 9.68. The van der Waals surface area contributed by atoms with Crippen LogP contribution in [0.4, 0.5) is 10.2 Å².